The molecule has 0 amide bonds. The van der Waals surface area contributed by atoms with Crippen LogP contribution in [-0.4, -0.2) is 12.8 Å². The Labute approximate surface area is 59.7 Å². The summed E-state index contributed by atoms with van der Waals surface area (Å²) in [5, 5.41) is 0. The predicted molar refractivity (Wildman–Crippen MR) is 27.9 cm³/mol. The molecule has 0 aliphatic heterocycles. The van der Waals surface area contributed by atoms with Crippen LogP contribution in [-0.2, 0) is 25.9 Å². The van der Waals surface area contributed by atoms with Gasteiger partial charge >= 0.3 is 21.1 Å². The topological polar surface area (TPSA) is 43.1 Å². The molecule has 0 aliphatic rings. The van der Waals surface area contributed by atoms with Crippen molar-refractivity contribution in [1.82, 2.24) is 0 Å². The summed E-state index contributed by atoms with van der Waals surface area (Å²) >= 11 is 0. The molecule has 0 atom stereocenters. The average molecular weight is 273 g/mol. The van der Waals surface area contributed by atoms with E-state index in [1.165, 1.54) is 6.29 Å². The molecule has 0 fully saturated rings. The minimum Gasteiger partial charge on any atom is -0.541 e. The Morgan fingerprint density at radius 3 is 1.71 bits per heavy atom. The summed E-state index contributed by atoms with van der Waals surface area (Å²) in [6.45, 7) is 0.0139. The van der Waals surface area contributed by atoms with E-state index in [2.05, 4.69) is 5.73 Å². The zero-order chi connectivity index (χ0) is 3.41. The van der Waals surface area contributed by atoms with Gasteiger partial charge in [0.05, 0.1) is 0 Å². The van der Waals surface area contributed by atoms with Gasteiger partial charge in [-0.1, -0.05) is 7.43 Å². The van der Waals surface area contributed by atoms with Gasteiger partial charge in [-0.3, -0.25) is 6.29 Å². The first-order valence-corrected chi connectivity index (χ1v) is 0.966. The molecule has 44 valence electrons. The zero-order valence-electron chi connectivity index (χ0n) is 3.60. The average Bonchev–Trinajstić information content (AvgIpc) is 1.37. The summed E-state index contributed by atoms with van der Waals surface area (Å²) in [6.07, 6.45) is 1.46. The first-order chi connectivity index (χ1) is 1.91. The second kappa shape index (κ2) is 33.3. The van der Waals surface area contributed by atoms with Crippen LogP contribution in [0.5, 0.6) is 0 Å². The fourth-order valence-corrected chi connectivity index (χ4v) is 0. The van der Waals surface area contributed by atoms with Crippen LogP contribution in [0.15, 0.2) is 0 Å². The zero-order valence-corrected chi connectivity index (χ0v) is 6.53. The molecule has 0 aromatic heterocycles. The molecular weight excluding hydrogens is 262 g/mol. The molecule has 0 heterocycles. The van der Waals surface area contributed by atoms with E-state index in [0.717, 1.165) is 0 Å². The van der Waals surface area contributed by atoms with E-state index < -0.39 is 0 Å². The van der Waals surface area contributed by atoms with Gasteiger partial charge in [0.25, 0.3) is 0 Å². The SMILES string of the molecule is C.NC[C-]=O.[CH3-].[W+2]. The van der Waals surface area contributed by atoms with Gasteiger partial charge in [-0.25, -0.2) is 0 Å². The van der Waals surface area contributed by atoms with Crippen molar-refractivity contribution in [2.24, 2.45) is 5.73 Å². The van der Waals surface area contributed by atoms with Crippen molar-refractivity contribution in [3.05, 3.63) is 7.43 Å². The summed E-state index contributed by atoms with van der Waals surface area (Å²) in [5.41, 5.74) is 4.60. The normalized spacial score (nSPS) is 3.57. The van der Waals surface area contributed by atoms with Crippen LogP contribution in [0.25, 0.3) is 0 Å². The van der Waals surface area contributed by atoms with E-state index in [0.29, 0.717) is 0 Å². The first kappa shape index (κ1) is 26.5. The summed E-state index contributed by atoms with van der Waals surface area (Å²) in [7, 11) is 0. The molecular formula is C4H11NOW. The van der Waals surface area contributed by atoms with E-state index >= 15 is 0 Å². The van der Waals surface area contributed by atoms with Crippen molar-refractivity contribution in [2.45, 2.75) is 7.43 Å². The molecule has 0 radical (unpaired) electrons. The first-order valence-electron chi connectivity index (χ1n) is 0.966. The maximum absolute atomic E-state index is 8.92. The quantitative estimate of drug-likeness (QED) is 0.690. The molecule has 0 saturated heterocycles. The fourth-order valence-electron chi connectivity index (χ4n) is 0. The van der Waals surface area contributed by atoms with Crippen LogP contribution in [0, 0.1) is 7.43 Å². The van der Waals surface area contributed by atoms with Gasteiger partial charge in [0.15, 0.2) is 0 Å². The Bertz CT molecular complexity index is 25.7. The predicted octanol–water partition coefficient (Wildman–Crippen LogP) is 0.139. The van der Waals surface area contributed by atoms with Crippen molar-refractivity contribution < 1.29 is 25.9 Å². The number of nitrogens with two attached hydrogens (primary N) is 1. The maximum atomic E-state index is 8.92. The van der Waals surface area contributed by atoms with E-state index in [9.17, 15) is 0 Å². The Morgan fingerprint density at radius 2 is 1.71 bits per heavy atom. The van der Waals surface area contributed by atoms with Crippen molar-refractivity contribution in [3.8, 4) is 0 Å². The van der Waals surface area contributed by atoms with Crippen molar-refractivity contribution in [3.63, 3.8) is 0 Å². The molecule has 0 bridgehead atoms. The van der Waals surface area contributed by atoms with Gasteiger partial charge in [-0.2, -0.15) is 0 Å². The van der Waals surface area contributed by atoms with Gasteiger partial charge in [-0.05, 0) is 0 Å². The van der Waals surface area contributed by atoms with Crippen LogP contribution in [0.2, 0.25) is 0 Å². The molecule has 0 aliphatic carbocycles. The van der Waals surface area contributed by atoms with Gasteiger partial charge < -0.3 is 18.0 Å². The largest absolute Gasteiger partial charge is 2.00 e. The fraction of sp³-hybridized carbons (Fsp3) is 0.500. The third-order valence-electron chi connectivity index (χ3n) is 0.0833. The second-order valence-corrected chi connectivity index (χ2v) is 0.348. The Hall–Kier alpha value is 0.318. The monoisotopic (exact) mass is 273 g/mol. The van der Waals surface area contributed by atoms with E-state index in [4.69, 9.17) is 4.79 Å². The van der Waals surface area contributed by atoms with Crippen molar-refractivity contribution in [1.29, 1.82) is 0 Å². The molecule has 3 heteroatoms. The number of hydrogen-bond donors (Lipinski definition) is 1. The summed E-state index contributed by atoms with van der Waals surface area (Å²) in [6, 6.07) is 0. The minimum absolute atomic E-state index is 0. The molecule has 2 nitrogen and oxygen atoms in total. The van der Waals surface area contributed by atoms with E-state index in [-0.39, 0.29) is 42.5 Å². The summed E-state index contributed by atoms with van der Waals surface area (Å²) in [4.78, 5) is 8.92. The molecule has 0 rings (SSSR count). The molecule has 7 heavy (non-hydrogen) atoms. The Morgan fingerprint density at radius 1 is 1.57 bits per heavy atom. The van der Waals surface area contributed by atoms with Gasteiger partial charge in [0.1, 0.15) is 0 Å². The molecule has 0 aromatic rings. The van der Waals surface area contributed by atoms with Crippen LogP contribution in [0.4, 0.5) is 0 Å². The minimum atomic E-state index is 0. The number of rotatable bonds is 1. The molecule has 0 unspecified atom stereocenters. The molecule has 0 aromatic carbocycles. The standard InChI is InChI=1S/C2H4NO.CH4.CH3.W/c3-1-2-4;;;/h1,3H2;1H4;1H3;/q-1;;-1;+2. The molecule has 0 spiro atoms. The second-order valence-electron chi connectivity index (χ2n) is 0.348. The third-order valence-corrected chi connectivity index (χ3v) is 0.0833. The van der Waals surface area contributed by atoms with Crippen LogP contribution in [0.1, 0.15) is 7.43 Å². The van der Waals surface area contributed by atoms with Crippen LogP contribution < -0.4 is 5.73 Å². The number of hydrogen-bond acceptors (Lipinski definition) is 2. The molecule has 0 saturated carbocycles. The summed E-state index contributed by atoms with van der Waals surface area (Å²) in [5.74, 6) is 0. The Balaban J connectivity index is -0.0000000150. The summed E-state index contributed by atoms with van der Waals surface area (Å²) < 4.78 is 0. The molecule has 2 N–H and O–H groups in total. The van der Waals surface area contributed by atoms with Crippen LogP contribution >= 0.6 is 0 Å². The Kier molecular flexibility index (Phi) is 126. The van der Waals surface area contributed by atoms with Gasteiger partial charge in [-0.15, -0.1) is 6.54 Å². The maximum Gasteiger partial charge on any atom is 2.00 e. The number of carbonyl (C=O) groups excluding carboxylic acids is 1. The van der Waals surface area contributed by atoms with Crippen LogP contribution in [0.3, 0.4) is 0 Å². The van der Waals surface area contributed by atoms with Crippen molar-refractivity contribution in [2.75, 3.05) is 6.54 Å². The van der Waals surface area contributed by atoms with Gasteiger partial charge in [0.2, 0.25) is 0 Å². The smallest absolute Gasteiger partial charge is 0.541 e. The van der Waals surface area contributed by atoms with Crippen molar-refractivity contribution >= 4 is 6.29 Å². The van der Waals surface area contributed by atoms with E-state index in [1.54, 1.807) is 0 Å². The van der Waals surface area contributed by atoms with E-state index in [1.807, 2.05) is 0 Å². The van der Waals surface area contributed by atoms with Gasteiger partial charge in [0, 0.05) is 0 Å². The third kappa shape index (κ3) is 67.8.